The summed E-state index contributed by atoms with van der Waals surface area (Å²) in [6.07, 6.45) is -0.794. The Labute approximate surface area is 165 Å². The van der Waals surface area contributed by atoms with Crippen LogP contribution in [0.1, 0.15) is 11.3 Å². The molecule has 29 heavy (non-hydrogen) atoms. The third-order valence-electron chi connectivity index (χ3n) is 4.23. The smallest absolute Gasteiger partial charge is 0.324 e. The molecule has 0 radical (unpaired) electrons. The van der Waals surface area contributed by atoms with Crippen LogP contribution in [0.25, 0.3) is 0 Å². The third-order valence-corrected chi connectivity index (χ3v) is 5.95. The van der Waals surface area contributed by atoms with E-state index in [4.69, 9.17) is 4.74 Å². The van der Waals surface area contributed by atoms with E-state index < -0.39 is 28.9 Å². The van der Waals surface area contributed by atoms with Crippen molar-refractivity contribution in [2.45, 2.75) is 24.3 Å². The van der Waals surface area contributed by atoms with E-state index in [9.17, 15) is 26.8 Å². The van der Waals surface area contributed by atoms with Crippen LogP contribution in [0.2, 0.25) is 0 Å². The predicted molar refractivity (Wildman–Crippen MR) is 98.4 cm³/mol. The van der Waals surface area contributed by atoms with E-state index in [0.29, 0.717) is 5.69 Å². The van der Waals surface area contributed by atoms with Gasteiger partial charge in [0.15, 0.2) is 9.84 Å². The van der Waals surface area contributed by atoms with Gasteiger partial charge in [-0.05, 0) is 36.2 Å². The van der Waals surface area contributed by atoms with Crippen LogP contribution in [0.5, 0.6) is 5.75 Å². The zero-order valence-electron chi connectivity index (χ0n) is 15.2. The van der Waals surface area contributed by atoms with Crippen molar-refractivity contribution in [1.82, 2.24) is 15.2 Å². The lowest BCUT2D eigenvalue weighted by Crippen LogP contribution is -2.27. The molecule has 0 unspecified atom stereocenters. The molecule has 1 aliphatic heterocycles. The molecule has 2 aromatic rings. The highest BCUT2D eigenvalue weighted by atomic mass is 32.2. The number of benzene rings is 1. The van der Waals surface area contributed by atoms with E-state index in [1.165, 1.54) is 29.2 Å². The average Bonchev–Trinajstić information content (AvgIpc) is 3.24. The minimum absolute atomic E-state index is 0.00715. The molecule has 0 bridgehead atoms. The average molecular weight is 427 g/mol. The molecule has 1 saturated heterocycles. The molecule has 1 aromatic carbocycles. The van der Waals surface area contributed by atoms with Crippen LogP contribution < -0.4 is 10.1 Å². The summed E-state index contributed by atoms with van der Waals surface area (Å²) in [4.78, 5) is 27.1. The molecule has 2 N–H and O–H groups in total. The van der Waals surface area contributed by atoms with Crippen molar-refractivity contribution < 1.29 is 31.5 Å². The first-order valence-electron chi connectivity index (χ1n) is 8.71. The largest absolute Gasteiger partial charge is 0.488 e. The van der Waals surface area contributed by atoms with Crippen LogP contribution in [0.4, 0.5) is 13.6 Å². The van der Waals surface area contributed by atoms with Crippen LogP contribution >= 0.6 is 0 Å². The summed E-state index contributed by atoms with van der Waals surface area (Å²) in [5.41, 5.74) is 1.39. The van der Waals surface area contributed by atoms with E-state index in [1.807, 2.05) is 0 Å². The first kappa shape index (κ1) is 20.8. The lowest BCUT2D eigenvalue weighted by Gasteiger charge is -2.11. The van der Waals surface area contributed by atoms with Crippen molar-refractivity contribution in [3.05, 3.63) is 47.8 Å². The van der Waals surface area contributed by atoms with E-state index >= 15 is 0 Å². The summed E-state index contributed by atoms with van der Waals surface area (Å²) < 4.78 is 54.5. The summed E-state index contributed by atoms with van der Waals surface area (Å²) in [5, 5.41) is 2.18. The van der Waals surface area contributed by atoms with Crippen molar-refractivity contribution in [2.24, 2.45) is 0 Å². The number of nitrogens with one attached hydrogen (secondary N) is 2. The summed E-state index contributed by atoms with van der Waals surface area (Å²) in [7, 11) is -3.65. The number of aryl methyl sites for hydroxylation is 1. The SMILES string of the molecule is O=C1CN(Cc2cc(CCS(=O)(=O)c3cccc(OCC(F)F)c3)c[nH]2)C(=O)N1. The molecule has 2 heterocycles. The Kier molecular flexibility index (Phi) is 6.16. The Hall–Kier alpha value is -2.95. The molecule has 1 fully saturated rings. The monoisotopic (exact) mass is 427 g/mol. The highest BCUT2D eigenvalue weighted by Gasteiger charge is 2.26. The summed E-state index contributed by atoms with van der Waals surface area (Å²) >= 11 is 0. The lowest BCUT2D eigenvalue weighted by molar-refractivity contribution is -0.118. The molecule has 0 atom stereocenters. The Balaban J connectivity index is 1.59. The zero-order chi connectivity index (χ0) is 21.0. The fraction of sp³-hybridized carbons (Fsp3) is 0.333. The van der Waals surface area contributed by atoms with Gasteiger partial charge in [-0.3, -0.25) is 10.1 Å². The molecule has 1 aromatic heterocycles. The summed E-state index contributed by atoms with van der Waals surface area (Å²) in [5.74, 6) is -0.493. The van der Waals surface area contributed by atoms with Crippen LogP contribution in [0.3, 0.4) is 0 Å². The number of ether oxygens (including phenoxy) is 1. The van der Waals surface area contributed by atoms with E-state index in [0.717, 1.165) is 5.56 Å². The number of urea groups is 1. The van der Waals surface area contributed by atoms with Gasteiger partial charge in [-0.15, -0.1) is 0 Å². The van der Waals surface area contributed by atoms with Crippen molar-refractivity contribution in [2.75, 3.05) is 18.9 Å². The van der Waals surface area contributed by atoms with Crippen LogP contribution in [0.15, 0.2) is 41.4 Å². The number of carbonyl (C=O) groups excluding carboxylic acids is 2. The number of nitrogens with zero attached hydrogens (tertiary/aromatic N) is 1. The highest BCUT2D eigenvalue weighted by molar-refractivity contribution is 7.91. The summed E-state index contributed by atoms with van der Waals surface area (Å²) in [6, 6.07) is 6.72. The van der Waals surface area contributed by atoms with Gasteiger partial charge in [0.25, 0.3) is 6.43 Å². The second-order valence-electron chi connectivity index (χ2n) is 6.49. The maximum absolute atomic E-state index is 12.5. The standard InChI is InChI=1S/C18H19F2N3O5S/c19-16(20)11-28-14-2-1-3-15(7-14)29(26,27)5-4-12-6-13(21-8-12)9-23-10-17(24)22-18(23)25/h1-3,6-8,16,21H,4-5,9-11H2,(H,22,24,25). The first-order valence-corrected chi connectivity index (χ1v) is 10.4. The van der Waals surface area contributed by atoms with Crippen LogP contribution in [-0.4, -0.2) is 55.6 Å². The molecule has 11 heteroatoms. The molecule has 3 amide bonds. The second-order valence-corrected chi connectivity index (χ2v) is 8.60. The van der Waals surface area contributed by atoms with Gasteiger partial charge < -0.3 is 14.6 Å². The second kappa shape index (κ2) is 8.60. The van der Waals surface area contributed by atoms with Crippen molar-refractivity contribution >= 4 is 21.8 Å². The molecule has 0 saturated carbocycles. The van der Waals surface area contributed by atoms with Gasteiger partial charge in [-0.2, -0.15) is 0 Å². The van der Waals surface area contributed by atoms with Crippen molar-refractivity contribution in [3.63, 3.8) is 0 Å². The fourth-order valence-corrected chi connectivity index (χ4v) is 4.15. The lowest BCUT2D eigenvalue weighted by atomic mass is 10.2. The minimum atomic E-state index is -3.65. The molecule has 1 aliphatic rings. The Morgan fingerprint density at radius 1 is 1.21 bits per heavy atom. The number of alkyl halides is 2. The highest BCUT2D eigenvalue weighted by Crippen LogP contribution is 2.20. The number of rotatable bonds is 9. The van der Waals surface area contributed by atoms with Gasteiger partial charge in [0.1, 0.15) is 18.9 Å². The number of sulfone groups is 1. The predicted octanol–water partition coefficient (Wildman–Crippen LogP) is 1.73. The number of hydrogen-bond donors (Lipinski definition) is 2. The van der Waals surface area contributed by atoms with Gasteiger partial charge in [-0.1, -0.05) is 6.07 Å². The van der Waals surface area contributed by atoms with Gasteiger partial charge in [0, 0.05) is 11.9 Å². The number of H-pyrrole nitrogens is 1. The fourth-order valence-electron chi connectivity index (χ4n) is 2.83. The third kappa shape index (κ3) is 5.53. The number of aromatic amines is 1. The summed E-state index contributed by atoms with van der Waals surface area (Å²) in [6.45, 7) is -0.629. The van der Waals surface area contributed by atoms with Gasteiger partial charge >= 0.3 is 6.03 Å². The number of amides is 3. The Morgan fingerprint density at radius 3 is 2.69 bits per heavy atom. The molecule has 156 valence electrons. The first-order chi connectivity index (χ1) is 13.7. The molecular formula is C18H19F2N3O5S. The van der Waals surface area contributed by atoms with Crippen molar-refractivity contribution in [3.8, 4) is 5.75 Å². The minimum Gasteiger partial charge on any atom is -0.488 e. The Bertz CT molecular complexity index is 1010. The van der Waals surface area contributed by atoms with E-state index in [2.05, 4.69) is 10.3 Å². The van der Waals surface area contributed by atoms with Crippen LogP contribution in [-0.2, 0) is 27.6 Å². The quantitative estimate of drug-likeness (QED) is 0.593. The zero-order valence-corrected chi connectivity index (χ0v) is 16.0. The maximum atomic E-state index is 12.5. The number of imide groups is 1. The molecule has 0 spiro atoms. The van der Waals surface area contributed by atoms with Crippen LogP contribution in [0, 0.1) is 0 Å². The van der Waals surface area contributed by atoms with E-state index in [1.54, 1.807) is 12.3 Å². The number of carbonyl (C=O) groups is 2. The topological polar surface area (TPSA) is 109 Å². The normalized spacial score (nSPS) is 14.5. The molecule has 0 aliphatic carbocycles. The molecule has 3 rings (SSSR count). The number of halogens is 2. The Morgan fingerprint density at radius 2 is 2.00 bits per heavy atom. The number of hydrogen-bond acceptors (Lipinski definition) is 5. The molecule has 8 nitrogen and oxygen atoms in total. The van der Waals surface area contributed by atoms with Gasteiger partial charge in [0.05, 0.1) is 17.2 Å². The van der Waals surface area contributed by atoms with Crippen molar-refractivity contribution in [1.29, 1.82) is 0 Å². The van der Waals surface area contributed by atoms with Gasteiger partial charge in [-0.25, -0.2) is 22.0 Å². The maximum Gasteiger partial charge on any atom is 0.324 e. The molecular weight excluding hydrogens is 408 g/mol. The van der Waals surface area contributed by atoms with E-state index in [-0.39, 0.29) is 41.8 Å². The number of aromatic nitrogens is 1. The van der Waals surface area contributed by atoms with Gasteiger partial charge in [0.2, 0.25) is 5.91 Å².